The molecule has 28 heavy (non-hydrogen) atoms. The van der Waals surface area contributed by atoms with Gasteiger partial charge in [-0.25, -0.2) is 4.39 Å². The lowest BCUT2D eigenvalue weighted by molar-refractivity contribution is -0.163. The summed E-state index contributed by atoms with van der Waals surface area (Å²) in [5, 5.41) is 21.8. The van der Waals surface area contributed by atoms with E-state index < -0.39 is 23.3 Å². The number of carboxylic acids is 1. The van der Waals surface area contributed by atoms with Gasteiger partial charge in [0.25, 0.3) is 0 Å². The number of carboxylic acid groups (broad SMARTS) is 1. The maximum Gasteiger partial charge on any atom is 0.313 e. The molecule has 5 nitrogen and oxygen atoms in total. The largest absolute Gasteiger partial charge is 0.481 e. The van der Waals surface area contributed by atoms with E-state index in [1.54, 1.807) is 12.1 Å². The molecular formula is C22H23FN2O3. The SMILES string of the molecule is O=C(O)[C@]1(Cc2cccc(F)c2)CN(Cc2cccc3[nH]ccc23)CC[C@@H]1O. The van der Waals surface area contributed by atoms with Crippen LogP contribution >= 0.6 is 0 Å². The van der Waals surface area contributed by atoms with Crippen molar-refractivity contribution in [3.05, 3.63) is 71.7 Å². The van der Waals surface area contributed by atoms with Gasteiger partial charge in [-0.3, -0.25) is 9.69 Å². The highest BCUT2D eigenvalue weighted by Crippen LogP contribution is 2.36. The quantitative estimate of drug-likeness (QED) is 0.633. The second-order valence-corrected chi connectivity index (χ2v) is 7.64. The number of aliphatic hydroxyl groups excluding tert-OH is 1. The van der Waals surface area contributed by atoms with Gasteiger partial charge in [0.15, 0.2) is 0 Å². The zero-order valence-electron chi connectivity index (χ0n) is 15.4. The second-order valence-electron chi connectivity index (χ2n) is 7.64. The Morgan fingerprint density at radius 1 is 1.25 bits per heavy atom. The number of hydrogen-bond acceptors (Lipinski definition) is 3. The van der Waals surface area contributed by atoms with Crippen molar-refractivity contribution in [3.63, 3.8) is 0 Å². The van der Waals surface area contributed by atoms with E-state index in [0.717, 1.165) is 16.5 Å². The number of fused-ring (bicyclic) bond motifs is 1. The Bertz CT molecular complexity index is 1000. The molecule has 2 heterocycles. The van der Waals surface area contributed by atoms with E-state index in [1.165, 1.54) is 12.1 Å². The van der Waals surface area contributed by atoms with Crippen molar-refractivity contribution in [1.29, 1.82) is 0 Å². The first-order valence-electron chi connectivity index (χ1n) is 9.41. The van der Waals surface area contributed by atoms with Crippen molar-refractivity contribution in [2.75, 3.05) is 13.1 Å². The average molecular weight is 382 g/mol. The maximum absolute atomic E-state index is 13.6. The summed E-state index contributed by atoms with van der Waals surface area (Å²) in [6.45, 7) is 1.42. The number of aliphatic carboxylic acids is 1. The Balaban J connectivity index is 1.61. The van der Waals surface area contributed by atoms with Gasteiger partial charge in [0.1, 0.15) is 11.2 Å². The molecule has 1 aliphatic rings. The van der Waals surface area contributed by atoms with Gasteiger partial charge in [0.05, 0.1) is 6.10 Å². The number of nitrogens with zero attached hydrogens (tertiary/aromatic N) is 1. The van der Waals surface area contributed by atoms with Crippen LogP contribution in [0.2, 0.25) is 0 Å². The van der Waals surface area contributed by atoms with Crippen LogP contribution < -0.4 is 0 Å². The summed E-state index contributed by atoms with van der Waals surface area (Å²) >= 11 is 0. The van der Waals surface area contributed by atoms with Crippen LogP contribution in [0.3, 0.4) is 0 Å². The number of hydrogen-bond donors (Lipinski definition) is 3. The van der Waals surface area contributed by atoms with Crippen molar-refractivity contribution in [1.82, 2.24) is 9.88 Å². The molecule has 0 spiro atoms. The minimum absolute atomic E-state index is 0.0894. The Hall–Kier alpha value is -2.70. The predicted molar refractivity (Wildman–Crippen MR) is 104 cm³/mol. The zero-order valence-corrected chi connectivity index (χ0v) is 15.4. The molecule has 1 aromatic heterocycles. The molecule has 6 heteroatoms. The molecule has 2 atom stereocenters. The lowest BCUT2D eigenvalue weighted by Crippen LogP contribution is -2.56. The molecule has 4 rings (SSSR count). The molecular weight excluding hydrogens is 359 g/mol. The maximum atomic E-state index is 13.6. The molecule has 1 aliphatic heterocycles. The van der Waals surface area contributed by atoms with E-state index in [2.05, 4.69) is 9.88 Å². The van der Waals surface area contributed by atoms with E-state index in [9.17, 15) is 19.4 Å². The van der Waals surface area contributed by atoms with E-state index in [1.807, 2.05) is 30.5 Å². The highest BCUT2D eigenvalue weighted by atomic mass is 19.1. The predicted octanol–water partition coefficient (Wildman–Crippen LogP) is 3.19. The van der Waals surface area contributed by atoms with Crippen LogP contribution in [0.1, 0.15) is 17.5 Å². The summed E-state index contributed by atoms with van der Waals surface area (Å²) in [5.74, 6) is -1.45. The third-order valence-corrected chi connectivity index (χ3v) is 5.78. The van der Waals surface area contributed by atoms with Crippen molar-refractivity contribution in [3.8, 4) is 0 Å². The van der Waals surface area contributed by atoms with E-state index in [4.69, 9.17) is 0 Å². The second kappa shape index (κ2) is 7.37. The van der Waals surface area contributed by atoms with Gasteiger partial charge < -0.3 is 15.2 Å². The van der Waals surface area contributed by atoms with Crippen LogP contribution in [0, 0.1) is 11.2 Å². The van der Waals surface area contributed by atoms with Crippen molar-refractivity contribution >= 4 is 16.9 Å². The fraction of sp³-hybridized carbons (Fsp3) is 0.318. The Labute approximate surface area is 162 Å². The number of rotatable bonds is 5. The fourth-order valence-corrected chi connectivity index (χ4v) is 4.30. The first kappa shape index (κ1) is 18.7. The van der Waals surface area contributed by atoms with Gasteiger partial charge in [-0.05, 0) is 48.2 Å². The van der Waals surface area contributed by atoms with Crippen LogP contribution in [0.25, 0.3) is 10.9 Å². The van der Waals surface area contributed by atoms with Gasteiger partial charge in [-0.1, -0.05) is 24.3 Å². The summed E-state index contributed by atoms with van der Waals surface area (Å²) in [4.78, 5) is 17.5. The van der Waals surface area contributed by atoms with Gasteiger partial charge in [0.2, 0.25) is 0 Å². The Morgan fingerprint density at radius 3 is 2.86 bits per heavy atom. The number of nitrogens with one attached hydrogen (secondary N) is 1. The Morgan fingerprint density at radius 2 is 2.07 bits per heavy atom. The number of likely N-dealkylation sites (tertiary alicyclic amines) is 1. The van der Waals surface area contributed by atoms with Crippen LogP contribution in [0.15, 0.2) is 54.7 Å². The lowest BCUT2D eigenvalue weighted by atomic mass is 9.72. The molecule has 0 radical (unpaired) electrons. The molecule has 1 fully saturated rings. The number of aromatic amines is 1. The molecule has 0 unspecified atom stereocenters. The molecule has 146 valence electrons. The molecule has 3 aromatic rings. The molecule has 0 amide bonds. The van der Waals surface area contributed by atoms with Gasteiger partial charge in [-0.2, -0.15) is 0 Å². The Kier molecular flexibility index (Phi) is 4.91. The van der Waals surface area contributed by atoms with Crippen molar-refractivity contribution in [2.24, 2.45) is 5.41 Å². The third kappa shape index (κ3) is 3.41. The molecule has 1 saturated heterocycles. The lowest BCUT2D eigenvalue weighted by Gasteiger charge is -2.43. The monoisotopic (exact) mass is 382 g/mol. The molecule has 0 bridgehead atoms. The first-order valence-corrected chi connectivity index (χ1v) is 9.41. The van der Waals surface area contributed by atoms with Crippen LogP contribution in [-0.4, -0.2) is 45.3 Å². The fourth-order valence-electron chi connectivity index (χ4n) is 4.30. The number of aromatic nitrogens is 1. The summed E-state index contributed by atoms with van der Waals surface area (Å²) in [6.07, 6.45) is 1.36. The molecule has 0 saturated carbocycles. The summed E-state index contributed by atoms with van der Waals surface area (Å²) in [6, 6.07) is 14.0. The molecule has 0 aliphatic carbocycles. The standard InChI is InChI=1S/C22H23FN2O3/c23-17-5-1-3-15(11-17)12-22(21(27)28)14-25(10-8-20(22)26)13-16-4-2-6-19-18(16)7-9-24-19/h1-7,9,11,20,24,26H,8,10,12-14H2,(H,27,28)/t20-,22+/m0/s1. The first-order chi connectivity index (χ1) is 13.5. The van der Waals surface area contributed by atoms with Crippen LogP contribution in [0.4, 0.5) is 4.39 Å². The van der Waals surface area contributed by atoms with E-state index in [0.29, 0.717) is 25.1 Å². The van der Waals surface area contributed by atoms with Gasteiger partial charge in [0, 0.05) is 36.7 Å². The van der Waals surface area contributed by atoms with Crippen molar-refractivity contribution < 1.29 is 19.4 Å². The van der Waals surface area contributed by atoms with Crippen molar-refractivity contribution in [2.45, 2.75) is 25.5 Å². The molecule has 2 aromatic carbocycles. The van der Waals surface area contributed by atoms with Gasteiger partial charge in [-0.15, -0.1) is 0 Å². The topological polar surface area (TPSA) is 76.6 Å². The highest BCUT2D eigenvalue weighted by Gasteiger charge is 2.49. The number of halogens is 1. The van der Waals surface area contributed by atoms with Gasteiger partial charge >= 0.3 is 5.97 Å². The van der Waals surface area contributed by atoms with Crippen LogP contribution in [-0.2, 0) is 17.8 Å². The minimum Gasteiger partial charge on any atom is -0.481 e. The highest BCUT2D eigenvalue weighted by molar-refractivity contribution is 5.82. The van der Waals surface area contributed by atoms with Crippen LogP contribution in [0.5, 0.6) is 0 Å². The summed E-state index contributed by atoms with van der Waals surface area (Å²) in [7, 11) is 0. The number of aliphatic hydroxyl groups is 1. The number of benzene rings is 2. The average Bonchev–Trinajstić information content (AvgIpc) is 3.14. The zero-order chi connectivity index (χ0) is 19.7. The third-order valence-electron chi connectivity index (χ3n) is 5.78. The smallest absolute Gasteiger partial charge is 0.313 e. The van der Waals surface area contributed by atoms with E-state index in [-0.39, 0.29) is 13.0 Å². The number of H-pyrrole nitrogens is 1. The molecule has 3 N–H and O–H groups in total. The number of carbonyl (C=O) groups is 1. The number of piperidine rings is 1. The summed E-state index contributed by atoms with van der Waals surface area (Å²) < 4.78 is 13.6. The van der Waals surface area contributed by atoms with E-state index >= 15 is 0 Å². The summed E-state index contributed by atoms with van der Waals surface area (Å²) in [5.41, 5.74) is 1.37. The minimum atomic E-state index is -1.36. The normalized spacial score (nSPS) is 23.1.